The minimum atomic E-state index is 1.15. The first-order chi connectivity index (χ1) is 7.83. The molecule has 2 rings (SSSR count). The Morgan fingerprint density at radius 2 is 2.00 bits per heavy atom. The minimum absolute atomic E-state index is 1.15. The topological polar surface area (TPSA) is 28.7 Å². The van der Waals surface area contributed by atoms with Crippen molar-refractivity contribution in [1.29, 1.82) is 0 Å². The molecule has 0 bridgehead atoms. The zero-order chi connectivity index (χ0) is 11.8. The van der Waals surface area contributed by atoms with Crippen LogP contribution in [0.5, 0.6) is 0 Å². The highest BCUT2D eigenvalue weighted by atomic mass is 14.7. The third kappa shape index (κ3) is 3.37. The van der Waals surface area contributed by atoms with Crippen LogP contribution in [0.15, 0.2) is 24.7 Å². The first-order valence-electron chi connectivity index (χ1n) is 6.23. The summed E-state index contributed by atoms with van der Waals surface area (Å²) in [4.78, 5) is 7.39. The van der Waals surface area contributed by atoms with E-state index in [0.717, 1.165) is 6.42 Å². The van der Waals surface area contributed by atoms with E-state index >= 15 is 0 Å². The SMILES string of the molecule is CCC.CCCCc1c[nH]c2ccncc12. The van der Waals surface area contributed by atoms with Crippen molar-refractivity contribution < 1.29 is 0 Å². The molecule has 0 aliphatic heterocycles. The molecule has 0 amide bonds. The lowest BCUT2D eigenvalue weighted by molar-refractivity contribution is 0.798. The Balaban J connectivity index is 0.000000386. The fourth-order valence-electron chi connectivity index (χ4n) is 1.59. The fraction of sp³-hybridized carbons (Fsp3) is 0.500. The van der Waals surface area contributed by atoms with Gasteiger partial charge in [-0.1, -0.05) is 33.6 Å². The van der Waals surface area contributed by atoms with Crippen molar-refractivity contribution in [3.05, 3.63) is 30.2 Å². The Labute approximate surface area is 98.1 Å². The van der Waals surface area contributed by atoms with Gasteiger partial charge >= 0.3 is 0 Å². The Kier molecular flexibility index (Phi) is 5.62. The molecule has 0 spiro atoms. The van der Waals surface area contributed by atoms with E-state index in [1.807, 2.05) is 18.5 Å². The molecule has 0 saturated carbocycles. The Bertz CT molecular complexity index is 404. The van der Waals surface area contributed by atoms with Gasteiger partial charge in [0, 0.05) is 29.5 Å². The number of H-pyrrole nitrogens is 1. The normalized spacial score (nSPS) is 9.94. The average molecular weight is 218 g/mol. The van der Waals surface area contributed by atoms with Gasteiger partial charge < -0.3 is 4.98 Å². The number of hydrogen-bond acceptors (Lipinski definition) is 1. The van der Waals surface area contributed by atoms with E-state index in [4.69, 9.17) is 0 Å². The molecular formula is C14H22N2. The highest BCUT2D eigenvalue weighted by Crippen LogP contribution is 2.18. The summed E-state index contributed by atoms with van der Waals surface area (Å²) in [6.07, 6.45) is 10.8. The number of nitrogens with one attached hydrogen (secondary N) is 1. The summed E-state index contributed by atoms with van der Waals surface area (Å²) in [6, 6.07) is 2.02. The molecule has 88 valence electrons. The first-order valence-corrected chi connectivity index (χ1v) is 6.23. The number of nitrogens with zero attached hydrogens (tertiary/aromatic N) is 1. The van der Waals surface area contributed by atoms with Crippen LogP contribution in [0.1, 0.15) is 45.6 Å². The van der Waals surface area contributed by atoms with E-state index in [1.165, 1.54) is 35.7 Å². The molecule has 2 heteroatoms. The number of hydrogen-bond donors (Lipinski definition) is 1. The molecule has 1 N–H and O–H groups in total. The van der Waals surface area contributed by atoms with Crippen molar-refractivity contribution in [3.63, 3.8) is 0 Å². The third-order valence-corrected chi connectivity index (χ3v) is 2.37. The molecule has 0 aliphatic rings. The van der Waals surface area contributed by atoms with Crippen LogP contribution < -0.4 is 0 Å². The van der Waals surface area contributed by atoms with Gasteiger partial charge in [0.1, 0.15) is 0 Å². The highest BCUT2D eigenvalue weighted by Gasteiger charge is 2.01. The van der Waals surface area contributed by atoms with Gasteiger partial charge in [0.05, 0.1) is 0 Å². The fourth-order valence-corrected chi connectivity index (χ4v) is 1.59. The molecule has 0 atom stereocenters. The van der Waals surface area contributed by atoms with Crippen LogP contribution in [0.2, 0.25) is 0 Å². The van der Waals surface area contributed by atoms with Crippen LogP contribution in [0.4, 0.5) is 0 Å². The molecule has 0 unspecified atom stereocenters. The third-order valence-electron chi connectivity index (χ3n) is 2.37. The summed E-state index contributed by atoms with van der Waals surface area (Å²) in [6.45, 7) is 6.47. The van der Waals surface area contributed by atoms with E-state index in [9.17, 15) is 0 Å². The summed E-state index contributed by atoms with van der Waals surface area (Å²) in [5.41, 5.74) is 2.59. The van der Waals surface area contributed by atoms with Crippen molar-refractivity contribution in [2.75, 3.05) is 0 Å². The van der Waals surface area contributed by atoms with E-state index in [0.29, 0.717) is 0 Å². The number of aryl methyl sites for hydroxylation is 1. The maximum Gasteiger partial charge on any atom is 0.0487 e. The zero-order valence-electron chi connectivity index (χ0n) is 10.6. The second-order valence-corrected chi connectivity index (χ2v) is 4.05. The molecular weight excluding hydrogens is 196 g/mol. The second-order valence-electron chi connectivity index (χ2n) is 4.05. The van der Waals surface area contributed by atoms with Crippen molar-refractivity contribution in [3.8, 4) is 0 Å². The molecule has 0 fully saturated rings. The van der Waals surface area contributed by atoms with Crippen LogP contribution >= 0.6 is 0 Å². The van der Waals surface area contributed by atoms with Gasteiger partial charge in [-0.25, -0.2) is 0 Å². The average Bonchev–Trinajstić information content (AvgIpc) is 2.71. The minimum Gasteiger partial charge on any atom is -0.361 e. The van der Waals surface area contributed by atoms with Gasteiger partial charge in [0.15, 0.2) is 0 Å². The molecule has 0 saturated heterocycles. The van der Waals surface area contributed by atoms with Crippen LogP contribution in [0.3, 0.4) is 0 Å². The monoisotopic (exact) mass is 218 g/mol. The summed E-state index contributed by atoms with van der Waals surface area (Å²) in [5.74, 6) is 0. The predicted molar refractivity (Wildman–Crippen MR) is 70.7 cm³/mol. The first kappa shape index (κ1) is 12.8. The smallest absolute Gasteiger partial charge is 0.0487 e. The number of pyridine rings is 1. The Morgan fingerprint density at radius 3 is 2.69 bits per heavy atom. The molecule has 2 aromatic rings. The van der Waals surface area contributed by atoms with E-state index < -0.39 is 0 Å². The standard InChI is InChI=1S/C11H14N2.C3H8/c1-2-3-4-9-7-13-11-5-6-12-8-10(9)11;1-3-2/h5-8,13H,2-4H2,1H3;3H2,1-2H3. The lowest BCUT2D eigenvalue weighted by Crippen LogP contribution is -1.81. The molecule has 0 aromatic carbocycles. The summed E-state index contributed by atoms with van der Waals surface area (Å²) in [7, 11) is 0. The molecule has 0 radical (unpaired) electrons. The van der Waals surface area contributed by atoms with Crippen LogP contribution in [0.25, 0.3) is 10.9 Å². The molecule has 2 nitrogen and oxygen atoms in total. The molecule has 2 aromatic heterocycles. The lowest BCUT2D eigenvalue weighted by atomic mass is 10.1. The van der Waals surface area contributed by atoms with Crippen LogP contribution in [-0.4, -0.2) is 9.97 Å². The summed E-state index contributed by atoms with van der Waals surface area (Å²) in [5, 5.41) is 1.27. The highest BCUT2D eigenvalue weighted by molar-refractivity contribution is 5.81. The lowest BCUT2D eigenvalue weighted by Gasteiger charge is -1.95. The van der Waals surface area contributed by atoms with Crippen LogP contribution in [0, 0.1) is 0 Å². The zero-order valence-corrected chi connectivity index (χ0v) is 10.6. The maximum absolute atomic E-state index is 4.13. The van der Waals surface area contributed by atoms with E-state index in [-0.39, 0.29) is 0 Å². The molecule has 2 heterocycles. The van der Waals surface area contributed by atoms with Gasteiger partial charge in [-0.05, 0) is 24.5 Å². The quantitative estimate of drug-likeness (QED) is 0.816. The number of fused-ring (bicyclic) bond motifs is 1. The predicted octanol–water partition coefficient (Wildman–Crippen LogP) is 4.32. The van der Waals surface area contributed by atoms with Crippen molar-refractivity contribution in [1.82, 2.24) is 9.97 Å². The summed E-state index contributed by atoms with van der Waals surface area (Å²) >= 11 is 0. The van der Waals surface area contributed by atoms with Gasteiger partial charge in [0.2, 0.25) is 0 Å². The maximum atomic E-state index is 4.13. The van der Waals surface area contributed by atoms with Gasteiger partial charge in [-0.3, -0.25) is 4.98 Å². The molecule has 0 aliphatic carbocycles. The van der Waals surface area contributed by atoms with Crippen molar-refractivity contribution >= 4 is 10.9 Å². The number of rotatable bonds is 3. The number of aromatic amines is 1. The van der Waals surface area contributed by atoms with Gasteiger partial charge in [0.25, 0.3) is 0 Å². The Hall–Kier alpha value is -1.31. The summed E-state index contributed by atoms with van der Waals surface area (Å²) < 4.78 is 0. The Morgan fingerprint density at radius 1 is 1.25 bits per heavy atom. The van der Waals surface area contributed by atoms with E-state index in [2.05, 4.69) is 36.9 Å². The van der Waals surface area contributed by atoms with Crippen molar-refractivity contribution in [2.24, 2.45) is 0 Å². The van der Waals surface area contributed by atoms with Gasteiger partial charge in [-0.2, -0.15) is 0 Å². The molecule has 16 heavy (non-hydrogen) atoms. The van der Waals surface area contributed by atoms with Crippen LogP contribution in [-0.2, 0) is 6.42 Å². The van der Waals surface area contributed by atoms with Gasteiger partial charge in [-0.15, -0.1) is 0 Å². The second kappa shape index (κ2) is 7.04. The van der Waals surface area contributed by atoms with Crippen molar-refractivity contribution in [2.45, 2.75) is 46.5 Å². The number of unbranched alkanes of at least 4 members (excludes halogenated alkanes) is 1. The number of aromatic nitrogens is 2. The van der Waals surface area contributed by atoms with E-state index in [1.54, 1.807) is 0 Å². The largest absolute Gasteiger partial charge is 0.361 e.